The highest BCUT2D eigenvalue weighted by molar-refractivity contribution is 5.16. The van der Waals surface area contributed by atoms with Gasteiger partial charge in [-0.05, 0) is 35.7 Å². The molecule has 1 aromatic carbocycles. The molecule has 0 heterocycles. The zero-order valence-corrected chi connectivity index (χ0v) is 15.1. The van der Waals surface area contributed by atoms with Crippen LogP contribution >= 0.6 is 0 Å². The van der Waals surface area contributed by atoms with E-state index in [9.17, 15) is 0 Å². The molecule has 0 fully saturated rings. The van der Waals surface area contributed by atoms with Gasteiger partial charge in [0.2, 0.25) is 0 Å². The van der Waals surface area contributed by atoms with Crippen molar-refractivity contribution in [3.8, 4) is 0 Å². The van der Waals surface area contributed by atoms with Crippen LogP contribution in [0.4, 0.5) is 0 Å². The molecule has 21 heavy (non-hydrogen) atoms. The Morgan fingerprint density at radius 3 is 2.10 bits per heavy atom. The standard InChI is InChI=1S/C20H34O/c1-8-19(4,5)14-16(2)20(6,7)15-21-17(3)18-12-10-9-11-13-18/h9-13,16-17H,8,14-15H2,1-7H3. The third-order valence-corrected chi connectivity index (χ3v) is 5.12. The smallest absolute Gasteiger partial charge is 0.0797 e. The van der Waals surface area contributed by atoms with E-state index >= 15 is 0 Å². The van der Waals surface area contributed by atoms with E-state index in [1.807, 2.05) is 0 Å². The second-order valence-electron chi connectivity index (χ2n) is 7.98. The van der Waals surface area contributed by atoms with Crippen LogP contribution in [0.2, 0.25) is 0 Å². The molecule has 0 aliphatic rings. The van der Waals surface area contributed by atoms with Gasteiger partial charge in [-0.15, -0.1) is 0 Å². The Kier molecular flexibility index (Phi) is 6.46. The van der Waals surface area contributed by atoms with E-state index in [4.69, 9.17) is 4.74 Å². The van der Waals surface area contributed by atoms with Gasteiger partial charge in [0, 0.05) is 0 Å². The van der Waals surface area contributed by atoms with Crippen molar-refractivity contribution in [2.45, 2.75) is 67.4 Å². The van der Waals surface area contributed by atoms with Crippen LogP contribution in [0.25, 0.3) is 0 Å². The van der Waals surface area contributed by atoms with Crippen molar-refractivity contribution >= 4 is 0 Å². The van der Waals surface area contributed by atoms with E-state index in [0.29, 0.717) is 11.3 Å². The summed E-state index contributed by atoms with van der Waals surface area (Å²) in [4.78, 5) is 0. The van der Waals surface area contributed by atoms with Crippen LogP contribution in [0.1, 0.15) is 73.0 Å². The molecule has 0 aliphatic carbocycles. The number of hydrogen-bond acceptors (Lipinski definition) is 1. The molecule has 0 aromatic heterocycles. The topological polar surface area (TPSA) is 9.23 Å². The Morgan fingerprint density at radius 2 is 1.57 bits per heavy atom. The Labute approximate surface area is 132 Å². The predicted molar refractivity (Wildman–Crippen MR) is 92.4 cm³/mol. The van der Waals surface area contributed by atoms with Crippen LogP contribution in [-0.4, -0.2) is 6.61 Å². The lowest BCUT2D eigenvalue weighted by atomic mass is 9.71. The molecule has 120 valence electrons. The van der Waals surface area contributed by atoms with E-state index < -0.39 is 0 Å². The monoisotopic (exact) mass is 290 g/mol. The lowest BCUT2D eigenvalue weighted by Crippen LogP contribution is -2.31. The molecule has 1 rings (SSSR count). The normalized spacial score (nSPS) is 15.8. The van der Waals surface area contributed by atoms with Crippen molar-refractivity contribution in [2.24, 2.45) is 16.7 Å². The van der Waals surface area contributed by atoms with Crippen molar-refractivity contribution in [2.75, 3.05) is 6.61 Å². The van der Waals surface area contributed by atoms with Crippen LogP contribution in [0.3, 0.4) is 0 Å². The minimum Gasteiger partial charge on any atom is -0.373 e. The summed E-state index contributed by atoms with van der Waals surface area (Å²) in [6, 6.07) is 10.5. The lowest BCUT2D eigenvalue weighted by Gasteiger charge is -2.37. The summed E-state index contributed by atoms with van der Waals surface area (Å²) in [7, 11) is 0. The first-order valence-corrected chi connectivity index (χ1v) is 8.34. The molecule has 0 radical (unpaired) electrons. The molecular weight excluding hydrogens is 256 g/mol. The molecule has 1 heteroatoms. The Hall–Kier alpha value is -0.820. The summed E-state index contributed by atoms with van der Waals surface area (Å²) in [6.07, 6.45) is 2.64. The first-order valence-electron chi connectivity index (χ1n) is 8.34. The van der Waals surface area contributed by atoms with Gasteiger partial charge < -0.3 is 4.74 Å². The average Bonchev–Trinajstić information content (AvgIpc) is 2.45. The van der Waals surface area contributed by atoms with E-state index in [0.717, 1.165) is 6.61 Å². The molecule has 1 aromatic rings. The molecule has 0 aliphatic heterocycles. The largest absolute Gasteiger partial charge is 0.373 e. The van der Waals surface area contributed by atoms with E-state index in [1.165, 1.54) is 18.4 Å². The molecular formula is C20H34O. The van der Waals surface area contributed by atoms with Crippen LogP contribution in [0.15, 0.2) is 30.3 Å². The highest BCUT2D eigenvalue weighted by atomic mass is 16.5. The fraction of sp³-hybridized carbons (Fsp3) is 0.700. The minimum atomic E-state index is 0.164. The van der Waals surface area contributed by atoms with Crippen molar-refractivity contribution in [3.05, 3.63) is 35.9 Å². The fourth-order valence-electron chi connectivity index (χ4n) is 2.55. The summed E-state index contributed by atoms with van der Waals surface area (Å²) in [6.45, 7) is 17.0. The fourth-order valence-corrected chi connectivity index (χ4v) is 2.55. The van der Waals surface area contributed by atoms with E-state index in [1.54, 1.807) is 0 Å². The van der Waals surface area contributed by atoms with Gasteiger partial charge in [-0.3, -0.25) is 0 Å². The number of benzene rings is 1. The summed E-state index contributed by atoms with van der Waals surface area (Å²) in [5.74, 6) is 0.649. The lowest BCUT2D eigenvalue weighted by molar-refractivity contribution is -0.0180. The van der Waals surface area contributed by atoms with Crippen molar-refractivity contribution in [1.82, 2.24) is 0 Å². The molecule has 0 saturated carbocycles. The highest BCUT2D eigenvalue weighted by Gasteiger charge is 2.31. The van der Waals surface area contributed by atoms with Gasteiger partial charge in [-0.25, -0.2) is 0 Å². The third-order valence-electron chi connectivity index (χ3n) is 5.12. The van der Waals surface area contributed by atoms with Gasteiger partial charge in [0.05, 0.1) is 12.7 Å². The summed E-state index contributed by atoms with van der Waals surface area (Å²) < 4.78 is 6.16. The third kappa shape index (κ3) is 5.82. The molecule has 1 nitrogen and oxygen atoms in total. The van der Waals surface area contributed by atoms with Crippen LogP contribution in [0, 0.1) is 16.7 Å². The predicted octanol–water partition coefficient (Wildman–Crippen LogP) is 6.25. The van der Waals surface area contributed by atoms with Gasteiger partial charge >= 0.3 is 0 Å². The number of hydrogen-bond donors (Lipinski definition) is 0. The maximum Gasteiger partial charge on any atom is 0.0797 e. The van der Waals surface area contributed by atoms with Crippen LogP contribution < -0.4 is 0 Å². The Morgan fingerprint density at radius 1 is 1.00 bits per heavy atom. The maximum atomic E-state index is 6.16. The van der Waals surface area contributed by atoms with Crippen LogP contribution in [0.5, 0.6) is 0 Å². The summed E-state index contributed by atoms with van der Waals surface area (Å²) >= 11 is 0. The number of rotatable bonds is 8. The van der Waals surface area contributed by atoms with Gasteiger partial charge in [-0.2, -0.15) is 0 Å². The maximum absolute atomic E-state index is 6.16. The molecule has 0 amide bonds. The second-order valence-corrected chi connectivity index (χ2v) is 7.98. The van der Waals surface area contributed by atoms with Crippen molar-refractivity contribution in [3.63, 3.8) is 0 Å². The zero-order valence-electron chi connectivity index (χ0n) is 15.1. The first-order chi connectivity index (χ1) is 9.68. The molecule has 0 N–H and O–H groups in total. The number of ether oxygens (including phenoxy) is 1. The van der Waals surface area contributed by atoms with E-state index in [2.05, 4.69) is 78.8 Å². The molecule has 2 unspecified atom stereocenters. The van der Waals surface area contributed by atoms with Gasteiger partial charge in [0.15, 0.2) is 0 Å². The van der Waals surface area contributed by atoms with Crippen LogP contribution in [-0.2, 0) is 4.74 Å². The summed E-state index contributed by atoms with van der Waals surface area (Å²) in [5, 5.41) is 0. The molecule has 0 saturated heterocycles. The highest BCUT2D eigenvalue weighted by Crippen LogP contribution is 2.38. The minimum absolute atomic E-state index is 0.164. The Bertz CT molecular complexity index is 405. The average molecular weight is 290 g/mol. The SMILES string of the molecule is CCC(C)(C)CC(C)C(C)(C)COC(C)c1ccccc1. The second kappa shape index (κ2) is 7.45. The van der Waals surface area contributed by atoms with Crippen molar-refractivity contribution in [1.29, 1.82) is 0 Å². The quantitative estimate of drug-likeness (QED) is 0.549. The van der Waals surface area contributed by atoms with Gasteiger partial charge in [0.1, 0.15) is 0 Å². The van der Waals surface area contributed by atoms with Gasteiger partial charge in [0.25, 0.3) is 0 Å². The zero-order chi connectivity index (χ0) is 16.1. The molecule has 0 spiro atoms. The first kappa shape index (κ1) is 18.2. The molecule has 0 bridgehead atoms. The van der Waals surface area contributed by atoms with Crippen molar-refractivity contribution < 1.29 is 4.74 Å². The summed E-state index contributed by atoms with van der Waals surface area (Å²) in [5.41, 5.74) is 1.88. The van der Waals surface area contributed by atoms with E-state index in [-0.39, 0.29) is 11.5 Å². The Balaban J connectivity index is 2.56. The molecule has 2 atom stereocenters. The van der Waals surface area contributed by atoms with Gasteiger partial charge in [-0.1, -0.05) is 78.3 Å².